The van der Waals surface area contributed by atoms with Crippen molar-refractivity contribution in [2.24, 2.45) is 5.92 Å². The SMILES string of the molecule is CN(c1nc(-c2cc(-c3ccon3)n(Cc3ccccc3F)n2)ncc1F)C(C(=O)O)C1CC1. The highest BCUT2D eigenvalue weighted by Gasteiger charge is 2.40. The molecule has 1 unspecified atom stereocenters. The molecule has 174 valence electrons. The maximum absolute atomic E-state index is 14.6. The number of likely N-dealkylation sites (N-methyl/N-ethyl adjacent to an activating group) is 1. The highest BCUT2D eigenvalue weighted by Crippen LogP contribution is 2.37. The van der Waals surface area contributed by atoms with E-state index in [9.17, 15) is 18.7 Å². The summed E-state index contributed by atoms with van der Waals surface area (Å²) in [6, 6.07) is 8.72. The number of aromatic nitrogens is 5. The summed E-state index contributed by atoms with van der Waals surface area (Å²) < 4.78 is 35.4. The van der Waals surface area contributed by atoms with E-state index in [1.54, 1.807) is 30.3 Å². The van der Waals surface area contributed by atoms with E-state index in [1.807, 2.05) is 0 Å². The second kappa shape index (κ2) is 8.65. The zero-order valence-corrected chi connectivity index (χ0v) is 18.1. The van der Waals surface area contributed by atoms with Crippen molar-refractivity contribution >= 4 is 11.8 Å². The third-order valence-electron chi connectivity index (χ3n) is 5.79. The maximum atomic E-state index is 14.6. The summed E-state index contributed by atoms with van der Waals surface area (Å²) in [6.07, 6.45) is 3.93. The van der Waals surface area contributed by atoms with Gasteiger partial charge in [0.25, 0.3) is 0 Å². The van der Waals surface area contributed by atoms with Gasteiger partial charge in [0.15, 0.2) is 17.5 Å². The van der Waals surface area contributed by atoms with Crippen molar-refractivity contribution in [1.29, 1.82) is 0 Å². The van der Waals surface area contributed by atoms with Crippen molar-refractivity contribution in [1.82, 2.24) is 24.9 Å². The highest BCUT2D eigenvalue weighted by atomic mass is 19.1. The van der Waals surface area contributed by atoms with E-state index in [1.165, 1.54) is 29.0 Å². The van der Waals surface area contributed by atoms with E-state index in [0.29, 0.717) is 22.6 Å². The molecule has 1 atom stereocenters. The van der Waals surface area contributed by atoms with Crippen LogP contribution in [0.4, 0.5) is 14.6 Å². The minimum absolute atomic E-state index is 0.0564. The van der Waals surface area contributed by atoms with Crippen LogP contribution in [0, 0.1) is 17.6 Å². The van der Waals surface area contributed by atoms with Crippen molar-refractivity contribution in [3.8, 4) is 22.9 Å². The van der Waals surface area contributed by atoms with Crippen LogP contribution in [-0.4, -0.2) is 49.1 Å². The van der Waals surface area contributed by atoms with Crippen molar-refractivity contribution in [2.45, 2.75) is 25.4 Å². The van der Waals surface area contributed by atoms with Gasteiger partial charge in [-0.05, 0) is 30.9 Å². The van der Waals surface area contributed by atoms with E-state index in [4.69, 9.17) is 4.52 Å². The molecule has 0 spiro atoms. The Morgan fingerprint density at radius 3 is 2.71 bits per heavy atom. The van der Waals surface area contributed by atoms with Gasteiger partial charge in [-0.3, -0.25) is 4.68 Å². The summed E-state index contributed by atoms with van der Waals surface area (Å²) in [4.78, 5) is 21.5. The molecule has 1 saturated carbocycles. The van der Waals surface area contributed by atoms with Crippen molar-refractivity contribution in [3.63, 3.8) is 0 Å². The number of hydrogen-bond acceptors (Lipinski definition) is 7. The molecule has 0 aliphatic heterocycles. The number of nitrogens with zero attached hydrogens (tertiary/aromatic N) is 6. The molecule has 4 aromatic rings. The lowest BCUT2D eigenvalue weighted by molar-refractivity contribution is -0.139. The van der Waals surface area contributed by atoms with Gasteiger partial charge in [0, 0.05) is 18.7 Å². The largest absolute Gasteiger partial charge is 0.480 e. The average molecular weight is 466 g/mol. The van der Waals surface area contributed by atoms with Crippen LogP contribution in [0.5, 0.6) is 0 Å². The average Bonchev–Trinajstić information content (AvgIpc) is 3.31. The second-order valence-corrected chi connectivity index (χ2v) is 8.15. The van der Waals surface area contributed by atoms with Crippen LogP contribution >= 0.6 is 0 Å². The maximum Gasteiger partial charge on any atom is 0.326 e. The topological polar surface area (TPSA) is 110 Å². The van der Waals surface area contributed by atoms with Crippen LogP contribution < -0.4 is 4.90 Å². The molecular weight excluding hydrogens is 446 g/mol. The number of aliphatic carboxylic acids is 1. The van der Waals surface area contributed by atoms with Crippen LogP contribution in [0.25, 0.3) is 22.9 Å². The summed E-state index contributed by atoms with van der Waals surface area (Å²) >= 11 is 0. The van der Waals surface area contributed by atoms with E-state index in [2.05, 4.69) is 20.2 Å². The molecule has 0 saturated heterocycles. The fourth-order valence-electron chi connectivity index (χ4n) is 3.94. The third kappa shape index (κ3) is 4.12. The van der Waals surface area contributed by atoms with Gasteiger partial charge < -0.3 is 14.5 Å². The summed E-state index contributed by atoms with van der Waals surface area (Å²) in [5.74, 6) is -2.24. The number of benzene rings is 1. The summed E-state index contributed by atoms with van der Waals surface area (Å²) in [5.41, 5.74) is 1.70. The molecule has 1 aromatic carbocycles. The van der Waals surface area contributed by atoms with Crippen molar-refractivity contribution in [3.05, 3.63) is 66.1 Å². The van der Waals surface area contributed by atoms with E-state index >= 15 is 0 Å². The van der Waals surface area contributed by atoms with Crippen molar-refractivity contribution < 1.29 is 23.2 Å². The first-order chi connectivity index (χ1) is 16.4. The Balaban J connectivity index is 1.54. The number of anilines is 1. The first-order valence-corrected chi connectivity index (χ1v) is 10.6. The lowest BCUT2D eigenvalue weighted by Crippen LogP contribution is -2.41. The molecule has 1 aliphatic carbocycles. The molecule has 34 heavy (non-hydrogen) atoms. The number of rotatable bonds is 8. The van der Waals surface area contributed by atoms with Gasteiger partial charge in [0.2, 0.25) is 0 Å². The Bertz CT molecular complexity index is 1340. The molecule has 0 radical (unpaired) electrons. The van der Waals surface area contributed by atoms with Crippen LogP contribution in [-0.2, 0) is 11.3 Å². The zero-order chi connectivity index (χ0) is 23.8. The summed E-state index contributed by atoms with van der Waals surface area (Å²) in [6.45, 7) is 0.103. The van der Waals surface area contributed by atoms with Crippen LogP contribution in [0.15, 0.2) is 53.4 Å². The van der Waals surface area contributed by atoms with Crippen LogP contribution in [0.3, 0.4) is 0 Å². The van der Waals surface area contributed by atoms with E-state index in [0.717, 1.165) is 19.0 Å². The lowest BCUT2D eigenvalue weighted by Gasteiger charge is -2.26. The molecule has 1 fully saturated rings. The highest BCUT2D eigenvalue weighted by molar-refractivity contribution is 5.78. The fourth-order valence-corrected chi connectivity index (χ4v) is 3.94. The predicted octanol–water partition coefficient (Wildman–Crippen LogP) is 3.62. The minimum atomic E-state index is -1.04. The molecule has 11 heteroatoms. The summed E-state index contributed by atoms with van der Waals surface area (Å²) in [7, 11) is 1.50. The van der Waals surface area contributed by atoms with Crippen LogP contribution in [0.2, 0.25) is 0 Å². The number of carboxylic acids is 1. The van der Waals surface area contributed by atoms with Gasteiger partial charge in [0.05, 0.1) is 18.4 Å². The minimum Gasteiger partial charge on any atom is -0.480 e. The summed E-state index contributed by atoms with van der Waals surface area (Å²) in [5, 5.41) is 18.1. The molecule has 3 aromatic heterocycles. The van der Waals surface area contributed by atoms with Crippen LogP contribution in [0.1, 0.15) is 18.4 Å². The number of hydrogen-bond donors (Lipinski definition) is 1. The number of carbonyl (C=O) groups is 1. The molecule has 1 N–H and O–H groups in total. The Hall–Kier alpha value is -4.15. The normalized spacial score (nSPS) is 14.2. The second-order valence-electron chi connectivity index (χ2n) is 8.15. The molecule has 0 amide bonds. The predicted molar refractivity (Wildman–Crippen MR) is 117 cm³/mol. The van der Waals surface area contributed by atoms with E-state index in [-0.39, 0.29) is 29.9 Å². The Kier molecular flexibility index (Phi) is 5.52. The van der Waals surface area contributed by atoms with E-state index < -0.39 is 17.8 Å². The van der Waals surface area contributed by atoms with Gasteiger partial charge in [-0.1, -0.05) is 23.4 Å². The lowest BCUT2D eigenvalue weighted by atomic mass is 10.1. The first-order valence-electron chi connectivity index (χ1n) is 10.6. The monoisotopic (exact) mass is 466 g/mol. The molecule has 0 bridgehead atoms. The number of carboxylic acid groups (broad SMARTS) is 1. The van der Waals surface area contributed by atoms with Gasteiger partial charge in [0.1, 0.15) is 29.5 Å². The standard InChI is InChI=1S/C23H20F2N6O3/c1-30(20(23(32)33)13-6-7-13)22-16(25)11-26-21(27-22)18-10-19(17-8-9-34-29-17)31(28-18)12-14-4-2-3-5-15(14)24/h2-5,8-11,13,20H,6-7,12H2,1H3,(H,32,33). The third-order valence-corrected chi connectivity index (χ3v) is 5.79. The Morgan fingerprint density at radius 1 is 1.24 bits per heavy atom. The zero-order valence-electron chi connectivity index (χ0n) is 18.1. The molecule has 3 heterocycles. The first kappa shape index (κ1) is 21.7. The fraction of sp³-hybridized carbons (Fsp3) is 0.261. The van der Waals surface area contributed by atoms with Gasteiger partial charge in [-0.2, -0.15) is 5.10 Å². The molecular formula is C23H20F2N6O3. The van der Waals surface area contributed by atoms with Gasteiger partial charge in [-0.25, -0.2) is 23.5 Å². The Labute approximate surface area is 192 Å². The molecule has 9 nitrogen and oxygen atoms in total. The van der Waals surface area contributed by atoms with Crippen molar-refractivity contribution in [2.75, 3.05) is 11.9 Å². The van der Waals surface area contributed by atoms with Gasteiger partial charge in [-0.15, -0.1) is 0 Å². The molecule has 1 aliphatic rings. The number of halogens is 2. The molecule has 5 rings (SSSR count). The smallest absolute Gasteiger partial charge is 0.326 e. The van der Waals surface area contributed by atoms with Gasteiger partial charge >= 0.3 is 5.97 Å². The Morgan fingerprint density at radius 2 is 2.03 bits per heavy atom. The quantitative estimate of drug-likeness (QED) is 0.419.